The number of aliphatic hydroxyl groups excluding tert-OH is 1. The second-order valence-corrected chi connectivity index (χ2v) is 7.38. The van der Waals surface area contributed by atoms with Crippen LogP contribution in [0.15, 0.2) is 76.2 Å². The van der Waals surface area contributed by atoms with Crippen LogP contribution in [0.5, 0.6) is 0 Å². The highest BCUT2D eigenvalue weighted by Crippen LogP contribution is 2.32. The number of imidazole rings is 1. The molecule has 2 N–H and O–H groups in total. The zero-order valence-corrected chi connectivity index (χ0v) is 15.8. The number of para-hydroxylation sites is 2. The van der Waals surface area contributed by atoms with E-state index in [1.165, 1.54) is 11.8 Å². The number of aromatic nitrogens is 3. The van der Waals surface area contributed by atoms with E-state index in [4.69, 9.17) is 4.42 Å². The predicted molar refractivity (Wildman–Crippen MR) is 109 cm³/mol. The third kappa shape index (κ3) is 3.50. The Hall–Kier alpha value is -3.50. The summed E-state index contributed by atoms with van der Waals surface area (Å²) < 4.78 is 5.77. The number of hydrogen-bond acceptors (Lipinski definition) is 6. The Morgan fingerprint density at radius 2 is 1.93 bits per heavy atom. The number of allylic oxidation sites excluding steroid dienone is 1. The van der Waals surface area contributed by atoms with Crippen molar-refractivity contribution in [3.05, 3.63) is 72.4 Å². The summed E-state index contributed by atoms with van der Waals surface area (Å²) in [5.41, 5.74) is 2.57. The molecule has 0 aliphatic rings. The molecule has 0 radical (unpaired) electrons. The summed E-state index contributed by atoms with van der Waals surface area (Å²) >= 11 is 1.23. The summed E-state index contributed by atoms with van der Waals surface area (Å²) in [6.07, 6.45) is 1.65. The van der Waals surface area contributed by atoms with Gasteiger partial charge in [0.05, 0.1) is 22.5 Å². The molecule has 0 aliphatic carbocycles. The SMILES string of the molecule is C[C@@H](Sc1ncc(-c2ccccc2)o1)C(O)=C(C#N)c1nc2ccccc2[nH]1. The quantitative estimate of drug-likeness (QED) is 0.277. The largest absolute Gasteiger partial charge is 0.510 e. The number of hydrogen-bond donors (Lipinski definition) is 2. The molecule has 0 unspecified atom stereocenters. The Bertz CT molecular complexity index is 1150. The van der Waals surface area contributed by atoms with Gasteiger partial charge in [0.1, 0.15) is 17.4 Å². The van der Waals surface area contributed by atoms with E-state index in [-0.39, 0.29) is 11.3 Å². The maximum absolute atomic E-state index is 10.6. The van der Waals surface area contributed by atoms with E-state index in [1.54, 1.807) is 13.1 Å². The maximum atomic E-state index is 10.6. The Balaban J connectivity index is 1.58. The lowest BCUT2D eigenvalue weighted by Crippen LogP contribution is -2.04. The van der Waals surface area contributed by atoms with Crippen LogP contribution in [0.3, 0.4) is 0 Å². The third-order valence-corrected chi connectivity index (χ3v) is 5.17. The van der Waals surface area contributed by atoms with Gasteiger partial charge in [-0.05, 0) is 19.1 Å². The lowest BCUT2D eigenvalue weighted by atomic mass is 10.2. The fourth-order valence-corrected chi connectivity index (χ4v) is 3.54. The molecule has 4 aromatic rings. The number of aliphatic hydroxyl groups is 1. The van der Waals surface area contributed by atoms with Gasteiger partial charge in [0.2, 0.25) is 0 Å². The van der Waals surface area contributed by atoms with Gasteiger partial charge in [0, 0.05) is 5.56 Å². The molecule has 7 heteroatoms. The molecule has 0 saturated carbocycles. The molecule has 0 spiro atoms. The highest BCUT2D eigenvalue weighted by atomic mass is 32.2. The number of aromatic amines is 1. The van der Waals surface area contributed by atoms with Crippen LogP contribution >= 0.6 is 11.8 Å². The number of H-pyrrole nitrogens is 1. The van der Waals surface area contributed by atoms with Crippen LogP contribution in [-0.2, 0) is 0 Å². The molecular formula is C21H16N4O2S. The molecule has 0 bridgehead atoms. The average Bonchev–Trinajstić information content (AvgIpc) is 3.36. The number of fused-ring (bicyclic) bond motifs is 1. The van der Waals surface area contributed by atoms with Crippen molar-refractivity contribution in [2.45, 2.75) is 17.4 Å². The second-order valence-electron chi connectivity index (χ2n) is 6.09. The van der Waals surface area contributed by atoms with E-state index >= 15 is 0 Å². The molecule has 0 fully saturated rings. The monoisotopic (exact) mass is 388 g/mol. The lowest BCUT2D eigenvalue weighted by Gasteiger charge is -2.09. The van der Waals surface area contributed by atoms with Crippen molar-refractivity contribution >= 4 is 28.4 Å². The summed E-state index contributed by atoms with van der Waals surface area (Å²) in [5.74, 6) is 0.911. The molecule has 1 atom stereocenters. The molecule has 0 aliphatic heterocycles. The Kier molecular flexibility index (Phi) is 4.87. The molecule has 6 nitrogen and oxygen atoms in total. The highest BCUT2D eigenvalue weighted by Gasteiger charge is 2.21. The van der Waals surface area contributed by atoms with Gasteiger partial charge >= 0.3 is 0 Å². The Morgan fingerprint density at radius 1 is 1.18 bits per heavy atom. The molecule has 2 aromatic carbocycles. The fraction of sp³-hybridized carbons (Fsp3) is 0.0952. The van der Waals surface area contributed by atoms with Crippen LogP contribution in [0.2, 0.25) is 0 Å². The summed E-state index contributed by atoms with van der Waals surface area (Å²) in [6, 6.07) is 19.2. The van der Waals surface area contributed by atoms with Gasteiger partial charge in [0.25, 0.3) is 5.22 Å². The van der Waals surface area contributed by atoms with Gasteiger partial charge in [-0.15, -0.1) is 0 Å². The molecule has 2 aromatic heterocycles. The van der Waals surface area contributed by atoms with Crippen molar-refractivity contribution in [2.24, 2.45) is 0 Å². The molecule has 138 valence electrons. The van der Waals surface area contributed by atoms with E-state index in [9.17, 15) is 10.4 Å². The first-order valence-electron chi connectivity index (χ1n) is 8.62. The lowest BCUT2D eigenvalue weighted by molar-refractivity contribution is 0.399. The number of nitriles is 1. The zero-order valence-electron chi connectivity index (χ0n) is 15.0. The summed E-state index contributed by atoms with van der Waals surface area (Å²) in [7, 11) is 0. The molecule has 4 rings (SSSR count). The fourth-order valence-electron chi connectivity index (χ4n) is 2.76. The van der Waals surface area contributed by atoms with E-state index in [1.807, 2.05) is 60.7 Å². The van der Waals surface area contributed by atoms with Crippen LogP contribution in [0, 0.1) is 11.3 Å². The van der Waals surface area contributed by atoms with Gasteiger partial charge in [-0.2, -0.15) is 5.26 Å². The molecule has 0 saturated heterocycles. The molecule has 2 heterocycles. The smallest absolute Gasteiger partial charge is 0.256 e. The number of thioether (sulfide) groups is 1. The van der Waals surface area contributed by atoms with Crippen LogP contribution in [0.1, 0.15) is 12.7 Å². The number of nitrogens with one attached hydrogen (secondary N) is 1. The van der Waals surface area contributed by atoms with Gasteiger partial charge in [-0.25, -0.2) is 9.97 Å². The first-order chi connectivity index (χ1) is 13.7. The number of benzene rings is 2. The molecule has 0 amide bonds. The van der Waals surface area contributed by atoms with Gasteiger partial charge in [-0.1, -0.05) is 54.2 Å². The standard InChI is InChI=1S/C21H16N4O2S/c1-13(28-21-23-12-18(27-21)14-7-3-2-4-8-14)19(26)15(11-22)20-24-16-9-5-6-10-17(16)25-20/h2-10,12-13,26H,1H3,(H,24,25)/t13-/m1/s1. The van der Waals surface area contributed by atoms with Crippen molar-refractivity contribution in [1.29, 1.82) is 5.26 Å². The topological polar surface area (TPSA) is 98.7 Å². The van der Waals surface area contributed by atoms with E-state index in [2.05, 4.69) is 15.0 Å². The van der Waals surface area contributed by atoms with Crippen LogP contribution < -0.4 is 0 Å². The minimum Gasteiger partial charge on any atom is -0.510 e. The predicted octanol–water partition coefficient (Wildman–Crippen LogP) is 5.19. The summed E-state index contributed by atoms with van der Waals surface area (Å²) in [6.45, 7) is 1.78. The van der Waals surface area contributed by atoms with Gasteiger partial charge < -0.3 is 14.5 Å². The second kappa shape index (κ2) is 7.62. The highest BCUT2D eigenvalue weighted by molar-refractivity contribution is 7.99. The van der Waals surface area contributed by atoms with E-state index in [0.717, 1.165) is 16.6 Å². The summed E-state index contributed by atoms with van der Waals surface area (Å²) in [5, 5.41) is 20.2. The van der Waals surface area contributed by atoms with Crippen molar-refractivity contribution in [2.75, 3.05) is 0 Å². The number of rotatable bonds is 5. The Labute approximate surface area is 165 Å². The van der Waals surface area contributed by atoms with E-state index < -0.39 is 5.25 Å². The zero-order chi connectivity index (χ0) is 19.5. The first kappa shape index (κ1) is 17.9. The number of nitrogens with zero attached hydrogens (tertiary/aromatic N) is 3. The minimum absolute atomic E-state index is 0.0778. The van der Waals surface area contributed by atoms with Crippen LogP contribution in [0.25, 0.3) is 27.9 Å². The van der Waals surface area contributed by atoms with Crippen molar-refractivity contribution < 1.29 is 9.52 Å². The normalized spacial score (nSPS) is 13.1. The van der Waals surface area contributed by atoms with Crippen LogP contribution in [0.4, 0.5) is 0 Å². The van der Waals surface area contributed by atoms with Crippen molar-refractivity contribution in [3.63, 3.8) is 0 Å². The first-order valence-corrected chi connectivity index (χ1v) is 9.50. The molecule has 28 heavy (non-hydrogen) atoms. The third-order valence-electron chi connectivity index (χ3n) is 4.20. The van der Waals surface area contributed by atoms with Gasteiger partial charge in [-0.3, -0.25) is 0 Å². The summed E-state index contributed by atoms with van der Waals surface area (Å²) in [4.78, 5) is 11.7. The maximum Gasteiger partial charge on any atom is 0.256 e. The van der Waals surface area contributed by atoms with Crippen molar-refractivity contribution in [3.8, 4) is 17.4 Å². The average molecular weight is 388 g/mol. The van der Waals surface area contributed by atoms with Crippen molar-refractivity contribution in [1.82, 2.24) is 15.0 Å². The van der Waals surface area contributed by atoms with Crippen LogP contribution in [-0.4, -0.2) is 25.3 Å². The molecular weight excluding hydrogens is 372 g/mol. The number of oxazole rings is 1. The van der Waals surface area contributed by atoms with Gasteiger partial charge in [0.15, 0.2) is 11.6 Å². The minimum atomic E-state index is -0.440. The Morgan fingerprint density at radius 3 is 2.68 bits per heavy atom. The van der Waals surface area contributed by atoms with E-state index in [0.29, 0.717) is 16.8 Å².